The molecule has 1 atom stereocenters. The lowest BCUT2D eigenvalue weighted by Gasteiger charge is -2.22. The fourth-order valence-corrected chi connectivity index (χ4v) is 3.15. The number of aromatic nitrogens is 1. The number of carbonyl (C=O) groups is 1. The van der Waals surface area contributed by atoms with Crippen LogP contribution in [0.5, 0.6) is 11.5 Å². The standard InChI is InChI=1S/C17H18N2O4/c1-2-12-9-15(23-18-12)13-4-3-7-19(13)17(20)11-5-6-14-16(8-11)22-10-21-14/h5-6,8-9,13H,2-4,7,10H2,1H3/t13-/m0/s1. The largest absolute Gasteiger partial charge is 0.454 e. The highest BCUT2D eigenvalue weighted by Crippen LogP contribution is 2.36. The molecule has 2 aliphatic rings. The number of carbonyl (C=O) groups excluding carboxylic acids is 1. The van der Waals surface area contributed by atoms with E-state index in [-0.39, 0.29) is 18.7 Å². The number of aryl methyl sites for hydroxylation is 1. The Bertz CT molecular complexity index is 740. The Morgan fingerprint density at radius 3 is 3.00 bits per heavy atom. The Balaban J connectivity index is 1.59. The van der Waals surface area contributed by atoms with Crippen molar-refractivity contribution in [2.45, 2.75) is 32.2 Å². The summed E-state index contributed by atoms with van der Waals surface area (Å²) in [6.45, 7) is 2.96. The third-order valence-electron chi connectivity index (χ3n) is 4.40. The van der Waals surface area contributed by atoms with E-state index in [2.05, 4.69) is 5.16 Å². The van der Waals surface area contributed by atoms with Crippen LogP contribution in [0.15, 0.2) is 28.8 Å². The summed E-state index contributed by atoms with van der Waals surface area (Å²) < 4.78 is 16.1. The van der Waals surface area contributed by atoms with Gasteiger partial charge in [-0.3, -0.25) is 4.79 Å². The van der Waals surface area contributed by atoms with Gasteiger partial charge in [0.15, 0.2) is 17.3 Å². The van der Waals surface area contributed by atoms with Crippen molar-refractivity contribution in [2.75, 3.05) is 13.3 Å². The molecule has 0 N–H and O–H groups in total. The monoisotopic (exact) mass is 314 g/mol. The average molecular weight is 314 g/mol. The van der Waals surface area contributed by atoms with Gasteiger partial charge in [0.2, 0.25) is 6.79 Å². The second-order valence-corrected chi connectivity index (χ2v) is 5.80. The third kappa shape index (κ3) is 2.44. The van der Waals surface area contributed by atoms with Crippen LogP contribution in [0.1, 0.15) is 47.6 Å². The number of hydrogen-bond donors (Lipinski definition) is 0. The first-order valence-electron chi connectivity index (χ1n) is 7.92. The number of amides is 1. The molecule has 3 heterocycles. The number of rotatable bonds is 3. The average Bonchev–Trinajstić information content (AvgIpc) is 3.31. The highest BCUT2D eigenvalue weighted by atomic mass is 16.7. The van der Waals surface area contributed by atoms with Crippen LogP contribution in [-0.4, -0.2) is 29.3 Å². The topological polar surface area (TPSA) is 64.8 Å². The lowest BCUT2D eigenvalue weighted by Crippen LogP contribution is -2.30. The van der Waals surface area contributed by atoms with Crippen molar-refractivity contribution in [3.63, 3.8) is 0 Å². The molecule has 1 amide bonds. The van der Waals surface area contributed by atoms with Gasteiger partial charge in [-0.15, -0.1) is 0 Å². The predicted molar refractivity (Wildman–Crippen MR) is 81.5 cm³/mol. The van der Waals surface area contributed by atoms with Crippen molar-refractivity contribution in [3.05, 3.63) is 41.3 Å². The van der Waals surface area contributed by atoms with Crippen molar-refractivity contribution in [1.29, 1.82) is 0 Å². The maximum Gasteiger partial charge on any atom is 0.254 e. The molecule has 2 aliphatic heterocycles. The normalized spacial score (nSPS) is 19.3. The third-order valence-corrected chi connectivity index (χ3v) is 4.40. The van der Waals surface area contributed by atoms with Gasteiger partial charge in [-0.1, -0.05) is 12.1 Å². The Hall–Kier alpha value is -2.50. The van der Waals surface area contributed by atoms with Crippen LogP contribution < -0.4 is 9.47 Å². The molecule has 6 heteroatoms. The van der Waals surface area contributed by atoms with Crippen molar-refractivity contribution < 1.29 is 18.8 Å². The van der Waals surface area contributed by atoms with E-state index < -0.39 is 0 Å². The van der Waals surface area contributed by atoms with E-state index in [1.165, 1.54) is 0 Å². The molecule has 0 saturated carbocycles. The zero-order valence-electron chi connectivity index (χ0n) is 12.9. The zero-order valence-corrected chi connectivity index (χ0v) is 12.9. The SMILES string of the molecule is CCc1cc([C@@H]2CCCN2C(=O)c2ccc3c(c2)OCO3)on1. The molecule has 0 spiro atoms. The summed E-state index contributed by atoms with van der Waals surface area (Å²) in [5.74, 6) is 2.07. The molecule has 2 aromatic rings. The van der Waals surface area contributed by atoms with Crippen LogP contribution in [0.3, 0.4) is 0 Å². The second-order valence-electron chi connectivity index (χ2n) is 5.80. The minimum atomic E-state index is -0.0410. The summed E-state index contributed by atoms with van der Waals surface area (Å²) in [5, 5.41) is 4.04. The van der Waals surface area contributed by atoms with Gasteiger partial charge in [0.05, 0.1) is 11.7 Å². The summed E-state index contributed by atoms with van der Waals surface area (Å²) >= 11 is 0. The summed E-state index contributed by atoms with van der Waals surface area (Å²) in [7, 11) is 0. The van der Waals surface area contributed by atoms with Gasteiger partial charge in [0, 0.05) is 18.2 Å². The molecule has 1 aromatic heterocycles. The number of benzene rings is 1. The van der Waals surface area contributed by atoms with E-state index in [1.807, 2.05) is 17.9 Å². The van der Waals surface area contributed by atoms with Gasteiger partial charge in [-0.25, -0.2) is 0 Å². The maximum atomic E-state index is 12.9. The van der Waals surface area contributed by atoms with Crippen LogP contribution in [0.25, 0.3) is 0 Å². The highest BCUT2D eigenvalue weighted by molar-refractivity contribution is 5.95. The van der Waals surface area contributed by atoms with E-state index in [0.29, 0.717) is 17.1 Å². The first kappa shape index (κ1) is 14.1. The number of fused-ring (bicyclic) bond motifs is 1. The van der Waals surface area contributed by atoms with Crippen LogP contribution in [0, 0.1) is 0 Å². The lowest BCUT2D eigenvalue weighted by atomic mass is 10.1. The number of ether oxygens (including phenoxy) is 2. The van der Waals surface area contributed by atoms with E-state index >= 15 is 0 Å². The lowest BCUT2D eigenvalue weighted by molar-refractivity contribution is 0.0714. The van der Waals surface area contributed by atoms with E-state index in [1.54, 1.807) is 18.2 Å². The summed E-state index contributed by atoms with van der Waals surface area (Å²) in [5.41, 5.74) is 1.53. The number of nitrogens with zero attached hydrogens (tertiary/aromatic N) is 2. The van der Waals surface area contributed by atoms with Crippen molar-refractivity contribution in [1.82, 2.24) is 10.1 Å². The molecule has 0 radical (unpaired) electrons. The molecule has 0 bridgehead atoms. The second kappa shape index (κ2) is 5.61. The van der Waals surface area contributed by atoms with Crippen molar-refractivity contribution >= 4 is 5.91 Å². The molecule has 0 unspecified atom stereocenters. The van der Waals surface area contributed by atoms with Crippen LogP contribution >= 0.6 is 0 Å². The Labute approximate surface area is 134 Å². The van der Waals surface area contributed by atoms with Gasteiger partial charge in [-0.05, 0) is 37.5 Å². The molecule has 120 valence electrons. The van der Waals surface area contributed by atoms with Gasteiger partial charge >= 0.3 is 0 Å². The van der Waals surface area contributed by atoms with E-state index in [0.717, 1.165) is 37.3 Å². The Kier molecular flexibility index (Phi) is 3.44. The minimum absolute atomic E-state index is 0.0137. The first-order valence-corrected chi connectivity index (χ1v) is 7.92. The van der Waals surface area contributed by atoms with Gasteiger partial charge in [0.1, 0.15) is 0 Å². The van der Waals surface area contributed by atoms with Gasteiger partial charge in [-0.2, -0.15) is 0 Å². The maximum absolute atomic E-state index is 12.9. The quantitative estimate of drug-likeness (QED) is 0.871. The fourth-order valence-electron chi connectivity index (χ4n) is 3.15. The summed E-state index contributed by atoms with van der Waals surface area (Å²) in [6, 6.07) is 7.22. The molecule has 1 fully saturated rings. The van der Waals surface area contributed by atoms with Crippen molar-refractivity contribution in [2.24, 2.45) is 0 Å². The summed E-state index contributed by atoms with van der Waals surface area (Å²) in [4.78, 5) is 14.7. The smallest absolute Gasteiger partial charge is 0.254 e. The van der Waals surface area contributed by atoms with E-state index in [4.69, 9.17) is 14.0 Å². The molecule has 1 aromatic carbocycles. The van der Waals surface area contributed by atoms with Crippen molar-refractivity contribution in [3.8, 4) is 11.5 Å². The molecule has 6 nitrogen and oxygen atoms in total. The summed E-state index contributed by atoms with van der Waals surface area (Å²) in [6.07, 6.45) is 2.68. The molecule has 1 saturated heterocycles. The zero-order chi connectivity index (χ0) is 15.8. The van der Waals surface area contributed by atoms with Gasteiger partial charge < -0.3 is 18.9 Å². The molecular formula is C17H18N2O4. The number of likely N-dealkylation sites (tertiary alicyclic amines) is 1. The van der Waals surface area contributed by atoms with Gasteiger partial charge in [0.25, 0.3) is 5.91 Å². The highest BCUT2D eigenvalue weighted by Gasteiger charge is 2.33. The van der Waals surface area contributed by atoms with Crippen LogP contribution in [0.4, 0.5) is 0 Å². The fraction of sp³-hybridized carbons (Fsp3) is 0.412. The number of hydrogen-bond acceptors (Lipinski definition) is 5. The predicted octanol–water partition coefficient (Wildman–Crippen LogP) is 2.94. The molecule has 0 aliphatic carbocycles. The minimum Gasteiger partial charge on any atom is -0.454 e. The Morgan fingerprint density at radius 1 is 1.30 bits per heavy atom. The van der Waals surface area contributed by atoms with E-state index in [9.17, 15) is 4.79 Å². The first-order chi connectivity index (χ1) is 11.3. The molecule has 23 heavy (non-hydrogen) atoms. The molecule has 4 rings (SSSR count). The Morgan fingerprint density at radius 2 is 2.17 bits per heavy atom. The molecular weight excluding hydrogens is 296 g/mol. The van der Waals surface area contributed by atoms with Crippen LogP contribution in [0.2, 0.25) is 0 Å². The van der Waals surface area contributed by atoms with Crippen LogP contribution in [-0.2, 0) is 6.42 Å².